The number of nitrogens with zero attached hydrogens (tertiary/aromatic N) is 3. The van der Waals surface area contributed by atoms with Crippen LogP contribution in [0.15, 0.2) is 36.0 Å². The van der Waals surface area contributed by atoms with Gasteiger partial charge in [-0.3, -0.25) is 9.69 Å². The van der Waals surface area contributed by atoms with Gasteiger partial charge in [0.1, 0.15) is 4.88 Å². The molecule has 2 aromatic heterocycles. The molecule has 0 atom stereocenters. The van der Waals surface area contributed by atoms with Gasteiger partial charge in [0, 0.05) is 51.7 Å². The molecule has 0 aromatic carbocycles. The molecule has 0 unspecified atom stereocenters. The molecule has 0 spiro atoms. The summed E-state index contributed by atoms with van der Waals surface area (Å²) in [7, 11) is 0. The van der Waals surface area contributed by atoms with Gasteiger partial charge in [-0.1, -0.05) is 6.92 Å². The third kappa shape index (κ3) is 4.02. The minimum Gasteiger partial charge on any atom is -0.350 e. The number of likely N-dealkylation sites (N-methyl/N-ethyl adjacent to an activating group) is 1. The van der Waals surface area contributed by atoms with E-state index in [0.29, 0.717) is 6.54 Å². The first-order valence-corrected chi connectivity index (χ1v) is 9.09. The van der Waals surface area contributed by atoms with E-state index in [0.717, 1.165) is 49.8 Å². The summed E-state index contributed by atoms with van der Waals surface area (Å²) in [5.74, 6) is 0.0240. The number of carbonyl (C=O) groups is 1. The molecule has 0 bridgehead atoms. The van der Waals surface area contributed by atoms with Crippen LogP contribution in [0.1, 0.15) is 16.6 Å². The molecule has 3 rings (SSSR count). The molecule has 6 heteroatoms. The Bertz CT molecular complexity index is 614. The maximum absolute atomic E-state index is 12.4. The maximum atomic E-state index is 12.4. The molecule has 1 amide bonds. The largest absolute Gasteiger partial charge is 0.350 e. The van der Waals surface area contributed by atoms with E-state index in [2.05, 4.69) is 22.0 Å². The molecule has 1 saturated heterocycles. The standard InChI is InChI=1S/C17H24N4OS/c1-2-19-10-12-20(13-11-19)9-6-18-17(22)16-15(5-14-23-16)21-7-3-4-8-21/h3-5,7-8,14H,2,6,9-13H2,1H3,(H,18,22). The molecule has 0 saturated carbocycles. The van der Waals surface area contributed by atoms with Gasteiger partial charge in [0.25, 0.3) is 5.91 Å². The van der Waals surface area contributed by atoms with Gasteiger partial charge >= 0.3 is 0 Å². The number of rotatable bonds is 6. The number of amides is 1. The third-order valence-electron chi connectivity index (χ3n) is 4.36. The van der Waals surface area contributed by atoms with E-state index < -0.39 is 0 Å². The average Bonchev–Trinajstić information content (AvgIpc) is 3.26. The van der Waals surface area contributed by atoms with Crippen LogP contribution in [-0.2, 0) is 0 Å². The molecule has 5 nitrogen and oxygen atoms in total. The number of thiophene rings is 1. The highest BCUT2D eigenvalue weighted by Crippen LogP contribution is 2.21. The predicted octanol–water partition coefficient (Wildman–Crippen LogP) is 1.91. The Morgan fingerprint density at radius 3 is 2.57 bits per heavy atom. The van der Waals surface area contributed by atoms with E-state index in [4.69, 9.17) is 0 Å². The fourth-order valence-corrected chi connectivity index (χ4v) is 3.71. The smallest absolute Gasteiger partial charge is 0.263 e. The molecule has 23 heavy (non-hydrogen) atoms. The van der Waals surface area contributed by atoms with Gasteiger partial charge in [0.05, 0.1) is 5.69 Å². The van der Waals surface area contributed by atoms with E-state index in [9.17, 15) is 4.79 Å². The van der Waals surface area contributed by atoms with Gasteiger partial charge in [-0.25, -0.2) is 0 Å². The van der Waals surface area contributed by atoms with Crippen molar-refractivity contribution in [3.8, 4) is 5.69 Å². The van der Waals surface area contributed by atoms with Crippen LogP contribution in [0.5, 0.6) is 0 Å². The first-order valence-electron chi connectivity index (χ1n) is 8.21. The van der Waals surface area contributed by atoms with Crippen molar-refractivity contribution in [1.29, 1.82) is 0 Å². The molecule has 1 aliphatic heterocycles. The summed E-state index contributed by atoms with van der Waals surface area (Å²) in [5.41, 5.74) is 0.953. The number of nitrogens with one attached hydrogen (secondary N) is 1. The summed E-state index contributed by atoms with van der Waals surface area (Å²) >= 11 is 1.49. The Morgan fingerprint density at radius 1 is 1.17 bits per heavy atom. The van der Waals surface area contributed by atoms with Crippen LogP contribution in [0.2, 0.25) is 0 Å². The summed E-state index contributed by atoms with van der Waals surface area (Å²) < 4.78 is 1.98. The molecule has 1 fully saturated rings. The van der Waals surface area contributed by atoms with Gasteiger partial charge in [0.2, 0.25) is 0 Å². The van der Waals surface area contributed by atoms with E-state index >= 15 is 0 Å². The highest BCUT2D eigenvalue weighted by molar-refractivity contribution is 7.12. The highest BCUT2D eigenvalue weighted by Gasteiger charge is 2.17. The number of hydrogen-bond donors (Lipinski definition) is 1. The van der Waals surface area contributed by atoms with Crippen molar-refractivity contribution in [2.45, 2.75) is 6.92 Å². The number of aromatic nitrogens is 1. The Hall–Kier alpha value is -1.63. The first-order chi connectivity index (χ1) is 11.3. The third-order valence-corrected chi connectivity index (χ3v) is 5.26. The zero-order valence-corrected chi connectivity index (χ0v) is 14.4. The summed E-state index contributed by atoms with van der Waals surface area (Å²) in [6.07, 6.45) is 3.93. The Kier molecular flexibility index (Phi) is 5.48. The lowest BCUT2D eigenvalue weighted by atomic mass is 10.3. The molecule has 1 N–H and O–H groups in total. The second kappa shape index (κ2) is 7.77. The van der Waals surface area contributed by atoms with E-state index in [-0.39, 0.29) is 5.91 Å². The molecule has 3 heterocycles. The summed E-state index contributed by atoms with van der Waals surface area (Å²) in [5, 5.41) is 5.03. The normalized spacial score (nSPS) is 16.6. The summed E-state index contributed by atoms with van der Waals surface area (Å²) in [4.78, 5) is 18.1. The molecule has 1 aliphatic rings. The highest BCUT2D eigenvalue weighted by atomic mass is 32.1. The fourth-order valence-electron chi connectivity index (χ4n) is 2.91. The number of hydrogen-bond acceptors (Lipinski definition) is 4. The maximum Gasteiger partial charge on any atom is 0.263 e. The van der Waals surface area contributed by atoms with Crippen molar-refractivity contribution < 1.29 is 4.79 Å². The quantitative estimate of drug-likeness (QED) is 0.878. The zero-order valence-electron chi connectivity index (χ0n) is 13.6. The topological polar surface area (TPSA) is 40.5 Å². The van der Waals surface area contributed by atoms with Crippen LogP contribution >= 0.6 is 11.3 Å². The minimum atomic E-state index is 0.0240. The lowest BCUT2D eigenvalue weighted by Crippen LogP contribution is -2.48. The zero-order chi connectivity index (χ0) is 16.1. The molecular formula is C17H24N4OS. The van der Waals surface area contributed by atoms with Crippen LogP contribution < -0.4 is 5.32 Å². The number of piperazine rings is 1. The SMILES string of the molecule is CCN1CCN(CCNC(=O)c2sccc2-n2cccc2)CC1. The molecule has 2 aromatic rings. The Morgan fingerprint density at radius 2 is 1.87 bits per heavy atom. The number of carbonyl (C=O) groups excluding carboxylic acids is 1. The van der Waals surface area contributed by atoms with Crippen molar-refractivity contribution in [2.75, 3.05) is 45.8 Å². The van der Waals surface area contributed by atoms with Crippen LogP contribution in [-0.4, -0.2) is 66.1 Å². The second-order valence-corrected chi connectivity index (χ2v) is 6.67. The van der Waals surface area contributed by atoms with Crippen LogP contribution in [0.4, 0.5) is 0 Å². The van der Waals surface area contributed by atoms with Crippen molar-refractivity contribution in [3.63, 3.8) is 0 Å². The van der Waals surface area contributed by atoms with Gasteiger partial charge in [-0.05, 0) is 30.1 Å². The second-order valence-electron chi connectivity index (χ2n) is 5.76. The fraction of sp³-hybridized carbons (Fsp3) is 0.471. The van der Waals surface area contributed by atoms with Crippen molar-refractivity contribution >= 4 is 17.2 Å². The van der Waals surface area contributed by atoms with E-state index in [1.165, 1.54) is 11.3 Å². The first kappa shape index (κ1) is 16.2. The van der Waals surface area contributed by atoms with Crippen molar-refractivity contribution in [2.24, 2.45) is 0 Å². The summed E-state index contributed by atoms with van der Waals surface area (Å²) in [6.45, 7) is 9.42. The van der Waals surface area contributed by atoms with Crippen molar-refractivity contribution in [3.05, 3.63) is 40.8 Å². The van der Waals surface area contributed by atoms with Gasteiger partial charge in [-0.2, -0.15) is 0 Å². The molecular weight excluding hydrogens is 308 g/mol. The predicted molar refractivity (Wildman–Crippen MR) is 94.5 cm³/mol. The molecule has 124 valence electrons. The monoisotopic (exact) mass is 332 g/mol. The van der Waals surface area contributed by atoms with Crippen molar-refractivity contribution in [1.82, 2.24) is 19.7 Å². The van der Waals surface area contributed by atoms with Crippen LogP contribution in [0.3, 0.4) is 0 Å². The lowest BCUT2D eigenvalue weighted by Gasteiger charge is -2.33. The van der Waals surface area contributed by atoms with Crippen LogP contribution in [0, 0.1) is 0 Å². The molecule has 0 radical (unpaired) electrons. The van der Waals surface area contributed by atoms with E-state index in [1.54, 1.807) is 0 Å². The van der Waals surface area contributed by atoms with Gasteiger partial charge in [0.15, 0.2) is 0 Å². The minimum absolute atomic E-state index is 0.0240. The Labute approximate surface area is 141 Å². The van der Waals surface area contributed by atoms with Gasteiger partial charge in [-0.15, -0.1) is 11.3 Å². The lowest BCUT2D eigenvalue weighted by molar-refractivity contribution is 0.0942. The van der Waals surface area contributed by atoms with Gasteiger partial charge < -0.3 is 14.8 Å². The van der Waals surface area contributed by atoms with E-state index in [1.807, 2.05) is 40.5 Å². The van der Waals surface area contributed by atoms with Crippen LogP contribution in [0.25, 0.3) is 5.69 Å². The average molecular weight is 332 g/mol. The Balaban J connectivity index is 1.48. The summed E-state index contributed by atoms with van der Waals surface area (Å²) in [6, 6.07) is 5.92. The molecule has 0 aliphatic carbocycles.